The standard InChI is InChI=1S/C20H28FN3O4/c1-2-24(12-18(25)26)17-9-16(10-17)23-20(27)22-11-14-7-8-28-19(14)13-3-5-15(21)6-4-13/h3-6,14,16-17,19H,2,7-12H2,1H3,(H,25,26)(H2,22,23,27)/t14-,16?,17?,19-/m0/s1. The van der Waals surface area contributed by atoms with Crippen molar-refractivity contribution in [2.24, 2.45) is 5.92 Å². The smallest absolute Gasteiger partial charge is 0.317 e. The number of benzene rings is 1. The number of urea groups is 1. The third-order valence-electron chi connectivity index (χ3n) is 5.65. The molecule has 1 saturated carbocycles. The van der Waals surface area contributed by atoms with E-state index in [4.69, 9.17) is 9.84 Å². The molecule has 2 fully saturated rings. The number of hydrogen-bond donors (Lipinski definition) is 3. The summed E-state index contributed by atoms with van der Waals surface area (Å²) >= 11 is 0. The van der Waals surface area contributed by atoms with Gasteiger partial charge in [0.05, 0.1) is 12.6 Å². The van der Waals surface area contributed by atoms with Crippen molar-refractivity contribution in [1.29, 1.82) is 0 Å². The average molecular weight is 393 g/mol. The Morgan fingerprint density at radius 2 is 2.00 bits per heavy atom. The second-order valence-electron chi connectivity index (χ2n) is 7.53. The molecule has 0 aromatic heterocycles. The lowest BCUT2D eigenvalue weighted by atomic mass is 9.85. The van der Waals surface area contributed by atoms with Crippen LogP contribution in [0.25, 0.3) is 0 Å². The number of carbonyl (C=O) groups is 2. The van der Waals surface area contributed by atoms with Crippen molar-refractivity contribution >= 4 is 12.0 Å². The monoisotopic (exact) mass is 393 g/mol. The van der Waals surface area contributed by atoms with Crippen molar-refractivity contribution < 1.29 is 23.8 Å². The van der Waals surface area contributed by atoms with Gasteiger partial charge in [0.1, 0.15) is 5.82 Å². The van der Waals surface area contributed by atoms with Gasteiger partial charge in [-0.25, -0.2) is 9.18 Å². The van der Waals surface area contributed by atoms with E-state index in [1.54, 1.807) is 12.1 Å². The number of rotatable bonds is 8. The van der Waals surface area contributed by atoms with E-state index in [1.807, 2.05) is 11.8 Å². The highest BCUT2D eigenvalue weighted by molar-refractivity contribution is 5.74. The molecular weight excluding hydrogens is 365 g/mol. The van der Waals surface area contributed by atoms with Gasteiger partial charge in [-0.3, -0.25) is 9.69 Å². The van der Waals surface area contributed by atoms with Crippen molar-refractivity contribution in [1.82, 2.24) is 15.5 Å². The average Bonchev–Trinajstić information content (AvgIpc) is 3.10. The van der Waals surface area contributed by atoms with Gasteiger partial charge in [-0.1, -0.05) is 19.1 Å². The molecule has 7 nitrogen and oxygen atoms in total. The molecule has 0 spiro atoms. The van der Waals surface area contributed by atoms with Gasteiger partial charge in [0.15, 0.2) is 0 Å². The number of halogens is 1. The molecule has 3 N–H and O–H groups in total. The molecular formula is C20H28FN3O4. The van der Waals surface area contributed by atoms with Crippen LogP contribution in [0.15, 0.2) is 24.3 Å². The minimum absolute atomic E-state index is 0.0343. The quantitative estimate of drug-likeness (QED) is 0.630. The van der Waals surface area contributed by atoms with Crippen molar-refractivity contribution in [3.8, 4) is 0 Å². The fourth-order valence-electron chi connectivity index (χ4n) is 4.00. The molecule has 1 aromatic carbocycles. The van der Waals surface area contributed by atoms with Gasteiger partial charge in [0, 0.05) is 31.2 Å². The van der Waals surface area contributed by atoms with E-state index in [9.17, 15) is 14.0 Å². The summed E-state index contributed by atoms with van der Waals surface area (Å²) in [6.07, 6.45) is 2.23. The third-order valence-corrected chi connectivity index (χ3v) is 5.65. The normalized spacial score (nSPS) is 26.7. The van der Waals surface area contributed by atoms with E-state index in [-0.39, 0.29) is 42.5 Å². The van der Waals surface area contributed by atoms with Crippen LogP contribution >= 0.6 is 0 Å². The maximum atomic E-state index is 13.1. The van der Waals surface area contributed by atoms with Crippen molar-refractivity contribution in [3.05, 3.63) is 35.6 Å². The number of aliphatic carboxylic acids is 1. The predicted octanol–water partition coefficient (Wildman–Crippen LogP) is 2.14. The molecule has 2 amide bonds. The summed E-state index contributed by atoms with van der Waals surface area (Å²) in [5, 5.41) is 14.8. The fourth-order valence-corrected chi connectivity index (χ4v) is 4.00. The molecule has 0 bridgehead atoms. The van der Waals surface area contributed by atoms with Gasteiger partial charge in [-0.2, -0.15) is 0 Å². The highest BCUT2D eigenvalue weighted by Crippen LogP contribution is 2.34. The van der Waals surface area contributed by atoms with E-state index >= 15 is 0 Å². The Hall–Kier alpha value is -2.19. The molecule has 1 aliphatic carbocycles. The molecule has 2 aliphatic rings. The van der Waals surface area contributed by atoms with Crippen molar-refractivity contribution in [3.63, 3.8) is 0 Å². The first kappa shape index (κ1) is 20.5. The molecule has 8 heteroatoms. The molecule has 0 radical (unpaired) electrons. The van der Waals surface area contributed by atoms with Crippen LogP contribution in [-0.4, -0.2) is 60.3 Å². The van der Waals surface area contributed by atoms with Crippen LogP contribution in [0, 0.1) is 11.7 Å². The number of ether oxygens (including phenoxy) is 1. The summed E-state index contributed by atoms with van der Waals surface area (Å²) in [4.78, 5) is 25.0. The van der Waals surface area contributed by atoms with Gasteiger partial charge in [-0.15, -0.1) is 0 Å². The van der Waals surface area contributed by atoms with E-state index in [2.05, 4.69) is 10.6 Å². The number of hydrogen-bond acceptors (Lipinski definition) is 4. The summed E-state index contributed by atoms with van der Waals surface area (Å²) < 4.78 is 18.9. The molecule has 3 rings (SSSR count). The Labute approximate surface area is 164 Å². The number of carboxylic acid groups (broad SMARTS) is 1. The minimum atomic E-state index is -0.828. The van der Waals surface area contributed by atoms with Gasteiger partial charge >= 0.3 is 12.0 Å². The molecule has 154 valence electrons. The zero-order chi connectivity index (χ0) is 20.1. The lowest BCUT2D eigenvalue weighted by Crippen LogP contribution is -2.56. The minimum Gasteiger partial charge on any atom is -0.480 e. The van der Waals surface area contributed by atoms with Gasteiger partial charge in [-0.05, 0) is 43.5 Å². The second kappa shape index (κ2) is 9.34. The zero-order valence-electron chi connectivity index (χ0n) is 16.1. The van der Waals surface area contributed by atoms with Crippen LogP contribution in [0.5, 0.6) is 0 Å². The summed E-state index contributed by atoms with van der Waals surface area (Å²) in [6, 6.07) is 6.36. The molecule has 2 atom stereocenters. The molecule has 1 aromatic rings. The van der Waals surface area contributed by atoms with Crippen LogP contribution in [0.1, 0.15) is 37.9 Å². The lowest BCUT2D eigenvalue weighted by molar-refractivity contribution is -0.139. The van der Waals surface area contributed by atoms with E-state index < -0.39 is 5.97 Å². The first-order valence-corrected chi connectivity index (χ1v) is 9.83. The molecule has 1 heterocycles. The summed E-state index contributed by atoms with van der Waals surface area (Å²) in [7, 11) is 0. The number of carbonyl (C=O) groups excluding carboxylic acids is 1. The first-order valence-electron chi connectivity index (χ1n) is 9.83. The Bertz CT molecular complexity index is 679. The zero-order valence-corrected chi connectivity index (χ0v) is 16.1. The topological polar surface area (TPSA) is 90.9 Å². The number of likely N-dealkylation sites (N-methyl/N-ethyl adjacent to an activating group) is 1. The molecule has 28 heavy (non-hydrogen) atoms. The number of nitrogens with zero attached hydrogens (tertiary/aromatic N) is 1. The largest absolute Gasteiger partial charge is 0.480 e. The second-order valence-corrected chi connectivity index (χ2v) is 7.53. The molecule has 0 unspecified atom stereocenters. The number of amides is 2. The Balaban J connectivity index is 1.40. The van der Waals surface area contributed by atoms with E-state index in [0.717, 1.165) is 24.8 Å². The lowest BCUT2D eigenvalue weighted by Gasteiger charge is -2.42. The highest BCUT2D eigenvalue weighted by Gasteiger charge is 2.35. The number of carboxylic acids is 1. The van der Waals surface area contributed by atoms with Gasteiger partial charge in [0.2, 0.25) is 0 Å². The Morgan fingerprint density at radius 3 is 2.64 bits per heavy atom. The van der Waals surface area contributed by atoms with Gasteiger partial charge < -0.3 is 20.5 Å². The highest BCUT2D eigenvalue weighted by atomic mass is 19.1. The maximum Gasteiger partial charge on any atom is 0.317 e. The summed E-state index contributed by atoms with van der Waals surface area (Å²) in [5.74, 6) is -0.957. The fraction of sp³-hybridized carbons (Fsp3) is 0.600. The van der Waals surface area contributed by atoms with Crippen molar-refractivity contribution in [2.75, 3.05) is 26.2 Å². The molecule has 1 aliphatic heterocycles. The Kier molecular flexibility index (Phi) is 6.85. The molecule has 1 saturated heterocycles. The van der Waals surface area contributed by atoms with Crippen LogP contribution < -0.4 is 10.6 Å². The van der Waals surface area contributed by atoms with Crippen LogP contribution in [-0.2, 0) is 9.53 Å². The third kappa shape index (κ3) is 5.20. The summed E-state index contributed by atoms with van der Waals surface area (Å²) in [5.41, 5.74) is 0.922. The van der Waals surface area contributed by atoms with Crippen LogP contribution in [0.2, 0.25) is 0 Å². The predicted molar refractivity (Wildman–Crippen MR) is 101 cm³/mol. The Morgan fingerprint density at radius 1 is 1.29 bits per heavy atom. The van der Waals surface area contributed by atoms with Crippen molar-refractivity contribution in [2.45, 2.75) is 44.4 Å². The van der Waals surface area contributed by atoms with Gasteiger partial charge in [0.25, 0.3) is 0 Å². The summed E-state index contributed by atoms with van der Waals surface area (Å²) in [6.45, 7) is 3.77. The number of nitrogens with one attached hydrogen (secondary N) is 2. The van der Waals surface area contributed by atoms with E-state index in [0.29, 0.717) is 19.7 Å². The van der Waals surface area contributed by atoms with E-state index in [1.165, 1.54) is 12.1 Å². The van der Waals surface area contributed by atoms with Crippen LogP contribution in [0.3, 0.4) is 0 Å². The SMILES string of the molecule is CCN(CC(=O)O)C1CC(NC(=O)NC[C@@H]2CCO[C@H]2c2ccc(F)cc2)C1. The van der Waals surface area contributed by atoms with Crippen LogP contribution in [0.4, 0.5) is 9.18 Å². The maximum absolute atomic E-state index is 13.1. The first-order chi connectivity index (χ1) is 13.5.